The second-order valence-corrected chi connectivity index (χ2v) is 7.11. The third kappa shape index (κ3) is 6.85. The summed E-state index contributed by atoms with van der Waals surface area (Å²) in [4.78, 5) is 10.6. The molecule has 0 radical (unpaired) electrons. The smallest absolute Gasteiger partial charge is 0.328 e. The Labute approximate surface area is 141 Å². The van der Waals surface area contributed by atoms with E-state index in [1.54, 1.807) is 6.92 Å². The van der Waals surface area contributed by atoms with Crippen molar-refractivity contribution in [2.75, 3.05) is 0 Å². The zero-order valence-corrected chi connectivity index (χ0v) is 15.1. The maximum Gasteiger partial charge on any atom is 0.328 e. The molecule has 0 aromatic heterocycles. The van der Waals surface area contributed by atoms with Crippen LogP contribution in [-0.2, 0) is 4.79 Å². The normalized spacial score (nSPS) is 20.4. The van der Waals surface area contributed by atoms with Gasteiger partial charge in [0.2, 0.25) is 0 Å². The highest BCUT2D eigenvalue weighted by molar-refractivity contribution is 5.81. The average Bonchev–Trinajstić information content (AvgIpc) is 2.54. The van der Waals surface area contributed by atoms with Crippen LogP contribution in [0.4, 0.5) is 0 Å². The van der Waals surface area contributed by atoms with Crippen LogP contribution in [0.2, 0.25) is 0 Å². The molecule has 0 unspecified atom stereocenters. The van der Waals surface area contributed by atoms with Gasteiger partial charge in [0.15, 0.2) is 0 Å². The maximum absolute atomic E-state index is 10.6. The van der Waals surface area contributed by atoms with Crippen molar-refractivity contribution >= 4 is 5.97 Å². The van der Waals surface area contributed by atoms with Gasteiger partial charge in [0.25, 0.3) is 0 Å². The molecular weight excluding hydrogens is 284 g/mol. The number of aliphatic carboxylic acids is 1. The molecule has 1 aliphatic rings. The van der Waals surface area contributed by atoms with Crippen molar-refractivity contribution in [2.24, 2.45) is 5.41 Å². The Morgan fingerprint density at radius 1 is 1.13 bits per heavy atom. The molecule has 0 saturated heterocycles. The monoisotopic (exact) mass is 314 g/mol. The minimum Gasteiger partial charge on any atom is -0.478 e. The lowest BCUT2D eigenvalue weighted by Gasteiger charge is -2.26. The highest BCUT2D eigenvalue weighted by Crippen LogP contribution is 2.39. The molecule has 2 nitrogen and oxygen atoms in total. The zero-order valence-electron chi connectivity index (χ0n) is 15.1. The van der Waals surface area contributed by atoms with Crippen LogP contribution in [0.15, 0.2) is 58.7 Å². The highest BCUT2D eigenvalue weighted by Gasteiger charge is 2.24. The van der Waals surface area contributed by atoms with E-state index in [1.807, 2.05) is 18.2 Å². The summed E-state index contributed by atoms with van der Waals surface area (Å²) < 4.78 is 0. The van der Waals surface area contributed by atoms with Crippen LogP contribution < -0.4 is 0 Å². The molecular formula is C21H30O2. The van der Waals surface area contributed by atoms with Gasteiger partial charge < -0.3 is 5.11 Å². The number of carboxylic acid groups (broad SMARTS) is 1. The van der Waals surface area contributed by atoms with Crippen molar-refractivity contribution < 1.29 is 9.90 Å². The molecule has 23 heavy (non-hydrogen) atoms. The summed E-state index contributed by atoms with van der Waals surface area (Å²) in [7, 11) is 0. The zero-order chi connectivity index (χ0) is 17.5. The molecule has 0 atom stereocenters. The summed E-state index contributed by atoms with van der Waals surface area (Å²) in [5.41, 5.74) is 5.10. The number of hydrogen-bond donors (Lipinski definition) is 1. The molecule has 0 heterocycles. The summed E-state index contributed by atoms with van der Waals surface area (Å²) in [5, 5.41) is 8.68. The molecule has 1 N–H and O–H groups in total. The van der Waals surface area contributed by atoms with E-state index in [9.17, 15) is 4.79 Å². The Balaban J connectivity index is 2.84. The number of carboxylic acids is 1. The van der Waals surface area contributed by atoms with E-state index in [0.717, 1.165) is 11.1 Å². The standard InChI is InChI=1S/C21H30O2/c1-16(9-8-10-17(2)15-20(22)23)12-13-19-18(3)11-6-7-14-21(19,4)5/h8-10,12-13,15H,6-7,11,14H2,1-5H3,(H,22,23)/b10-8+,13-12+,16-9+,17-15+. The Kier molecular flexibility index (Phi) is 7.28. The first-order valence-electron chi connectivity index (χ1n) is 8.37. The van der Waals surface area contributed by atoms with E-state index in [2.05, 4.69) is 39.8 Å². The van der Waals surface area contributed by atoms with E-state index < -0.39 is 5.97 Å². The van der Waals surface area contributed by atoms with Crippen molar-refractivity contribution in [1.29, 1.82) is 0 Å². The van der Waals surface area contributed by atoms with E-state index in [0.29, 0.717) is 0 Å². The molecule has 1 rings (SSSR count). The first kappa shape index (κ1) is 19.2. The maximum atomic E-state index is 10.6. The van der Waals surface area contributed by atoms with Crippen molar-refractivity contribution in [2.45, 2.75) is 60.3 Å². The largest absolute Gasteiger partial charge is 0.478 e. The van der Waals surface area contributed by atoms with Crippen LogP contribution in [0.1, 0.15) is 60.3 Å². The first-order chi connectivity index (χ1) is 10.7. The van der Waals surface area contributed by atoms with Crippen molar-refractivity contribution in [3.8, 4) is 0 Å². The molecule has 0 aromatic carbocycles. The predicted octanol–water partition coefficient (Wildman–Crippen LogP) is 5.99. The van der Waals surface area contributed by atoms with E-state index in [1.165, 1.54) is 42.9 Å². The van der Waals surface area contributed by atoms with E-state index in [-0.39, 0.29) is 5.41 Å². The second-order valence-electron chi connectivity index (χ2n) is 7.11. The summed E-state index contributed by atoms with van der Waals surface area (Å²) in [6.45, 7) is 10.8. The molecule has 0 amide bonds. The topological polar surface area (TPSA) is 37.3 Å². The first-order valence-corrected chi connectivity index (χ1v) is 8.37. The fourth-order valence-electron chi connectivity index (χ4n) is 3.04. The van der Waals surface area contributed by atoms with Crippen LogP contribution in [-0.4, -0.2) is 11.1 Å². The highest BCUT2D eigenvalue weighted by atomic mass is 16.4. The van der Waals surface area contributed by atoms with Gasteiger partial charge in [-0.3, -0.25) is 0 Å². The predicted molar refractivity (Wildman–Crippen MR) is 98.4 cm³/mol. The van der Waals surface area contributed by atoms with Crippen molar-refractivity contribution in [1.82, 2.24) is 0 Å². The fourth-order valence-corrected chi connectivity index (χ4v) is 3.04. The Morgan fingerprint density at radius 3 is 2.48 bits per heavy atom. The van der Waals surface area contributed by atoms with E-state index in [4.69, 9.17) is 5.11 Å². The quantitative estimate of drug-likeness (QED) is 0.499. The lowest BCUT2D eigenvalue weighted by atomic mass is 9.79. The minimum absolute atomic E-state index is 0.244. The summed E-state index contributed by atoms with van der Waals surface area (Å²) in [5.74, 6) is -0.911. The fraction of sp³-hybridized carbons (Fsp3) is 0.476. The van der Waals surface area contributed by atoms with Gasteiger partial charge >= 0.3 is 5.97 Å². The lowest BCUT2D eigenvalue weighted by molar-refractivity contribution is -0.131. The Morgan fingerprint density at radius 2 is 1.83 bits per heavy atom. The third-order valence-corrected chi connectivity index (χ3v) is 4.37. The Hall–Kier alpha value is -1.83. The molecule has 0 aliphatic heterocycles. The summed E-state index contributed by atoms with van der Waals surface area (Å²) in [6.07, 6.45) is 16.4. The molecule has 0 fully saturated rings. The molecule has 1 aliphatic carbocycles. The number of rotatable bonds is 5. The molecule has 0 spiro atoms. The van der Waals surface area contributed by atoms with Crippen LogP contribution in [0.25, 0.3) is 0 Å². The van der Waals surface area contributed by atoms with Crippen LogP contribution in [0.3, 0.4) is 0 Å². The van der Waals surface area contributed by atoms with Gasteiger partial charge in [0.1, 0.15) is 0 Å². The molecule has 0 saturated carbocycles. The van der Waals surface area contributed by atoms with Crippen LogP contribution >= 0.6 is 0 Å². The summed E-state index contributed by atoms with van der Waals surface area (Å²) in [6, 6.07) is 0. The van der Waals surface area contributed by atoms with Gasteiger partial charge in [0.05, 0.1) is 0 Å². The lowest BCUT2D eigenvalue weighted by Crippen LogP contribution is -2.13. The molecule has 2 heteroatoms. The van der Waals surface area contributed by atoms with Crippen molar-refractivity contribution in [3.63, 3.8) is 0 Å². The van der Waals surface area contributed by atoms with Crippen molar-refractivity contribution in [3.05, 3.63) is 58.7 Å². The van der Waals surface area contributed by atoms with Gasteiger partial charge in [-0.15, -0.1) is 0 Å². The summed E-state index contributed by atoms with van der Waals surface area (Å²) >= 11 is 0. The van der Waals surface area contributed by atoms with Gasteiger partial charge in [-0.25, -0.2) is 4.79 Å². The second kappa shape index (κ2) is 8.71. The number of allylic oxidation sites excluding steroid dienone is 9. The van der Waals surface area contributed by atoms with Crippen LogP contribution in [0.5, 0.6) is 0 Å². The SMILES string of the molecule is CC1=C(/C=C/C(C)=C/C=C/C(C)=C/C(=O)O)C(C)(C)CCCC1. The average molecular weight is 314 g/mol. The van der Waals surface area contributed by atoms with Crippen LogP contribution in [0, 0.1) is 5.41 Å². The third-order valence-electron chi connectivity index (χ3n) is 4.37. The molecule has 0 bridgehead atoms. The molecule has 126 valence electrons. The van der Waals surface area contributed by atoms with Gasteiger partial charge in [0, 0.05) is 6.08 Å². The molecule has 0 aromatic rings. The number of hydrogen-bond acceptors (Lipinski definition) is 1. The Bertz CT molecular complexity index is 581. The van der Waals surface area contributed by atoms with Gasteiger partial charge in [-0.2, -0.15) is 0 Å². The van der Waals surface area contributed by atoms with Gasteiger partial charge in [-0.1, -0.05) is 61.8 Å². The van der Waals surface area contributed by atoms with Gasteiger partial charge in [-0.05, 0) is 56.6 Å². The minimum atomic E-state index is -0.911. The number of carbonyl (C=O) groups is 1. The van der Waals surface area contributed by atoms with E-state index >= 15 is 0 Å².